The standard InChI is InChI=1S/C50H30N4/c1-2-15-36(16-3-1)53-43-21-11-9-19-40(43)47-38-25-22-35(28-34(38)24-27-44(47)53)49-39-18-8-10-20-42(39)51-50(52-49)54-45-26-23-31-12-6-7-17-37(31)48(45)41-29-32-13-4-5-14-33(32)30-46(41)54/h1-30H. The predicted molar refractivity (Wildman–Crippen MR) is 226 cm³/mol. The van der Waals surface area contributed by atoms with Crippen molar-refractivity contribution in [2.24, 2.45) is 0 Å². The Morgan fingerprint density at radius 2 is 0.963 bits per heavy atom. The number of nitrogens with zero attached hydrogens (tertiary/aromatic N) is 4. The first-order valence-corrected chi connectivity index (χ1v) is 18.4. The highest BCUT2D eigenvalue weighted by Crippen LogP contribution is 2.41. The average Bonchev–Trinajstić information content (AvgIpc) is 3.75. The van der Waals surface area contributed by atoms with Gasteiger partial charge in [-0.05, 0) is 86.9 Å². The molecule has 0 unspecified atom stereocenters. The summed E-state index contributed by atoms with van der Waals surface area (Å²) in [6.07, 6.45) is 0. The van der Waals surface area contributed by atoms with Crippen molar-refractivity contribution in [3.8, 4) is 22.9 Å². The van der Waals surface area contributed by atoms with Crippen LogP contribution in [0.4, 0.5) is 0 Å². The second kappa shape index (κ2) is 11.1. The third kappa shape index (κ3) is 4.13. The zero-order valence-corrected chi connectivity index (χ0v) is 29.1. The minimum Gasteiger partial charge on any atom is -0.309 e. The number of rotatable bonds is 3. The second-order valence-corrected chi connectivity index (χ2v) is 14.2. The molecule has 0 spiro atoms. The van der Waals surface area contributed by atoms with Gasteiger partial charge in [0.15, 0.2) is 0 Å². The first kappa shape index (κ1) is 29.3. The Bertz CT molecular complexity index is 3500. The van der Waals surface area contributed by atoms with Crippen LogP contribution in [-0.2, 0) is 0 Å². The van der Waals surface area contributed by atoms with Crippen molar-refractivity contribution in [1.82, 2.24) is 19.1 Å². The molecule has 0 N–H and O–H groups in total. The number of aromatic nitrogens is 4. The Hall–Kier alpha value is -7.30. The van der Waals surface area contributed by atoms with E-state index in [0.717, 1.165) is 38.9 Å². The molecule has 0 aliphatic rings. The summed E-state index contributed by atoms with van der Waals surface area (Å²) in [5.74, 6) is 0.663. The molecule has 0 aliphatic heterocycles. The molecule has 3 aromatic heterocycles. The highest BCUT2D eigenvalue weighted by molar-refractivity contribution is 6.24. The maximum atomic E-state index is 5.48. The van der Waals surface area contributed by atoms with Crippen LogP contribution in [0.2, 0.25) is 0 Å². The van der Waals surface area contributed by atoms with Crippen LogP contribution in [0.1, 0.15) is 0 Å². The van der Waals surface area contributed by atoms with Gasteiger partial charge in [-0.2, -0.15) is 0 Å². The van der Waals surface area contributed by atoms with Crippen molar-refractivity contribution in [3.05, 3.63) is 182 Å². The Morgan fingerprint density at radius 3 is 1.81 bits per heavy atom. The number of fused-ring (bicyclic) bond motifs is 12. The minimum absolute atomic E-state index is 0.663. The molecule has 250 valence electrons. The van der Waals surface area contributed by atoms with Crippen LogP contribution in [-0.4, -0.2) is 19.1 Å². The highest BCUT2D eigenvalue weighted by atomic mass is 15.2. The van der Waals surface area contributed by atoms with Crippen LogP contribution in [0.5, 0.6) is 0 Å². The fourth-order valence-corrected chi connectivity index (χ4v) is 8.87. The second-order valence-electron chi connectivity index (χ2n) is 14.2. The lowest BCUT2D eigenvalue weighted by Crippen LogP contribution is -2.03. The van der Waals surface area contributed by atoms with E-state index in [1.165, 1.54) is 64.9 Å². The summed E-state index contributed by atoms with van der Waals surface area (Å²) < 4.78 is 4.64. The van der Waals surface area contributed by atoms with Crippen LogP contribution in [0.15, 0.2) is 182 Å². The molecule has 0 amide bonds. The third-order valence-electron chi connectivity index (χ3n) is 11.3. The number of hydrogen-bond donors (Lipinski definition) is 0. The van der Waals surface area contributed by atoms with Gasteiger partial charge in [-0.1, -0.05) is 127 Å². The van der Waals surface area contributed by atoms with E-state index in [1.807, 2.05) is 0 Å². The van der Waals surface area contributed by atoms with Gasteiger partial charge in [0.05, 0.1) is 33.3 Å². The van der Waals surface area contributed by atoms with Crippen molar-refractivity contribution in [1.29, 1.82) is 0 Å². The molecule has 0 aliphatic carbocycles. The van der Waals surface area contributed by atoms with Gasteiger partial charge in [-0.15, -0.1) is 0 Å². The van der Waals surface area contributed by atoms with Gasteiger partial charge in [0.25, 0.3) is 0 Å². The topological polar surface area (TPSA) is 35.6 Å². The SMILES string of the molecule is c1ccc(-n2c3ccccc3c3c4ccc(-c5nc(-n6c7cc8ccccc8cc7c7c8ccccc8ccc76)nc6ccccc56)cc4ccc32)cc1. The number of hydrogen-bond acceptors (Lipinski definition) is 2. The quantitative estimate of drug-likeness (QED) is 0.185. The van der Waals surface area contributed by atoms with Gasteiger partial charge in [0, 0.05) is 38.2 Å². The maximum Gasteiger partial charge on any atom is 0.235 e. The van der Waals surface area contributed by atoms with Crippen molar-refractivity contribution >= 4 is 86.8 Å². The number of benzene rings is 9. The van der Waals surface area contributed by atoms with E-state index >= 15 is 0 Å². The average molecular weight is 687 g/mol. The molecule has 54 heavy (non-hydrogen) atoms. The summed E-state index contributed by atoms with van der Waals surface area (Å²) in [7, 11) is 0. The molecule has 9 aromatic carbocycles. The highest BCUT2D eigenvalue weighted by Gasteiger charge is 2.20. The Labute approximate surface area is 309 Å². The first-order valence-electron chi connectivity index (χ1n) is 18.4. The van der Waals surface area contributed by atoms with Crippen molar-refractivity contribution in [2.75, 3.05) is 0 Å². The molecule has 0 saturated heterocycles. The molecule has 0 fully saturated rings. The molecular weight excluding hydrogens is 657 g/mol. The van der Waals surface area contributed by atoms with E-state index in [9.17, 15) is 0 Å². The summed E-state index contributed by atoms with van der Waals surface area (Å²) >= 11 is 0. The van der Waals surface area contributed by atoms with Gasteiger partial charge >= 0.3 is 0 Å². The summed E-state index contributed by atoms with van der Waals surface area (Å²) in [5, 5.41) is 13.2. The molecule has 12 aromatic rings. The summed E-state index contributed by atoms with van der Waals surface area (Å²) in [4.78, 5) is 10.8. The zero-order chi connectivity index (χ0) is 35.3. The van der Waals surface area contributed by atoms with Crippen LogP contribution in [0.25, 0.3) is 110 Å². The molecule has 4 nitrogen and oxygen atoms in total. The van der Waals surface area contributed by atoms with Crippen LogP contribution < -0.4 is 0 Å². The first-order chi connectivity index (χ1) is 26.8. The van der Waals surface area contributed by atoms with Crippen molar-refractivity contribution in [2.45, 2.75) is 0 Å². The zero-order valence-electron chi connectivity index (χ0n) is 29.1. The van der Waals surface area contributed by atoms with Gasteiger partial charge in [0.1, 0.15) is 0 Å². The fraction of sp³-hybridized carbons (Fsp3) is 0. The lowest BCUT2D eigenvalue weighted by Gasteiger charge is -2.13. The molecule has 0 radical (unpaired) electrons. The van der Waals surface area contributed by atoms with Crippen molar-refractivity contribution in [3.63, 3.8) is 0 Å². The van der Waals surface area contributed by atoms with Crippen LogP contribution in [0.3, 0.4) is 0 Å². The Morgan fingerprint density at radius 1 is 0.333 bits per heavy atom. The summed E-state index contributed by atoms with van der Waals surface area (Å²) in [5.41, 5.74) is 8.64. The Kier molecular flexibility index (Phi) is 6.02. The third-order valence-corrected chi connectivity index (χ3v) is 11.3. The molecule has 0 atom stereocenters. The normalized spacial score (nSPS) is 12.1. The van der Waals surface area contributed by atoms with Gasteiger partial charge in [-0.25, -0.2) is 9.97 Å². The molecule has 3 heterocycles. The van der Waals surface area contributed by atoms with Gasteiger partial charge in [-0.3, -0.25) is 4.57 Å². The minimum atomic E-state index is 0.663. The van der Waals surface area contributed by atoms with Crippen LogP contribution >= 0.6 is 0 Å². The van der Waals surface area contributed by atoms with E-state index in [-0.39, 0.29) is 0 Å². The van der Waals surface area contributed by atoms with Crippen molar-refractivity contribution < 1.29 is 0 Å². The molecule has 0 bridgehead atoms. The molecule has 12 rings (SSSR count). The largest absolute Gasteiger partial charge is 0.309 e. The van der Waals surface area contributed by atoms with E-state index in [0.29, 0.717) is 5.95 Å². The maximum absolute atomic E-state index is 5.48. The lowest BCUT2D eigenvalue weighted by molar-refractivity contribution is 1.01. The van der Waals surface area contributed by atoms with Gasteiger partial charge < -0.3 is 4.57 Å². The summed E-state index contributed by atoms with van der Waals surface area (Å²) in [6, 6.07) is 65.4. The van der Waals surface area contributed by atoms with Crippen LogP contribution in [0, 0.1) is 0 Å². The molecule has 0 saturated carbocycles. The summed E-state index contributed by atoms with van der Waals surface area (Å²) in [6.45, 7) is 0. The van der Waals surface area contributed by atoms with E-state index in [1.54, 1.807) is 0 Å². The van der Waals surface area contributed by atoms with E-state index < -0.39 is 0 Å². The van der Waals surface area contributed by atoms with Gasteiger partial charge in [0.2, 0.25) is 5.95 Å². The molecule has 4 heteroatoms. The predicted octanol–water partition coefficient (Wildman–Crippen LogP) is 13.0. The van der Waals surface area contributed by atoms with E-state index in [2.05, 4.69) is 191 Å². The Balaban J connectivity index is 1.13. The fourth-order valence-electron chi connectivity index (χ4n) is 8.87. The number of para-hydroxylation sites is 3. The monoisotopic (exact) mass is 686 g/mol. The lowest BCUT2D eigenvalue weighted by atomic mass is 9.99. The molecular formula is C50H30N4. The van der Waals surface area contributed by atoms with E-state index in [4.69, 9.17) is 9.97 Å². The smallest absolute Gasteiger partial charge is 0.235 e.